The number of Topliss-reactive ketones (excluding diaryl/α,β-unsaturated/α-hetero) is 1. The minimum atomic E-state index is -0.568. The summed E-state index contributed by atoms with van der Waals surface area (Å²) in [7, 11) is 0. The van der Waals surface area contributed by atoms with Crippen molar-refractivity contribution < 1.29 is 43.0 Å². The maximum Gasteiger partial charge on any atom is 0.312 e. The van der Waals surface area contributed by atoms with Crippen LogP contribution >= 0.6 is 0 Å². The Kier molecular flexibility index (Phi) is 29.4. The van der Waals surface area contributed by atoms with Gasteiger partial charge in [-0.1, -0.05) is 60.1 Å². The molecule has 0 aliphatic heterocycles. The Balaban J connectivity index is 0. The molecule has 1 aromatic carbocycles. The standard InChI is InChI=1S/C18H34N4O6.C12H15NO3.C3H8/c1-14(2)15(23)5-9-27-11-12-28-10-6-16(24)22-13-17(25)20-7-3-4-8-21-18(19)26;1-9(2)12(15)16-7-10-3-5-11(6-4-10)13-8-14;1-3-2/h14H,3-13H2,1-2H3,(H,20,25)(H,22,24)(H3,19,21,26);3-6,8-9H,7H2,1-2H3,(H,13,14);3H2,1-2H3. The average molecular weight is 668 g/mol. The van der Waals surface area contributed by atoms with Crippen molar-refractivity contribution in [3.63, 3.8) is 0 Å². The molecule has 0 spiro atoms. The van der Waals surface area contributed by atoms with Crippen molar-refractivity contribution in [2.24, 2.45) is 17.6 Å². The van der Waals surface area contributed by atoms with Crippen LogP contribution in [0.3, 0.4) is 0 Å². The number of carbonyl (C=O) groups is 6. The lowest BCUT2D eigenvalue weighted by Crippen LogP contribution is -2.37. The lowest BCUT2D eigenvalue weighted by molar-refractivity contribution is -0.148. The van der Waals surface area contributed by atoms with Crippen molar-refractivity contribution in [3.05, 3.63) is 29.8 Å². The maximum absolute atomic E-state index is 11.6. The van der Waals surface area contributed by atoms with E-state index in [2.05, 4.69) is 35.1 Å². The number of ether oxygens (including phenoxy) is 3. The molecule has 0 unspecified atom stereocenters. The van der Waals surface area contributed by atoms with E-state index in [9.17, 15) is 28.8 Å². The minimum Gasteiger partial charge on any atom is -0.461 e. The van der Waals surface area contributed by atoms with Gasteiger partial charge in [0.2, 0.25) is 18.2 Å². The van der Waals surface area contributed by atoms with Gasteiger partial charge < -0.3 is 41.2 Å². The highest BCUT2D eigenvalue weighted by Crippen LogP contribution is 2.10. The molecule has 268 valence electrons. The van der Waals surface area contributed by atoms with E-state index >= 15 is 0 Å². The van der Waals surface area contributed by atoms with Gasteiger partial charge in [-0.05, 0) is 30.5 Å². The highest BCUT2D eigenvalue weighted by atomic mass is 16.5. The van der Waals surface area contributed by atoms with E-state index in [1.165, 1.54) is 6.42 Å². The molecule has 0 saturated heterocycles. The van der Waals surface area contributed by atoms with Gasteiger partial charge in [-0.2, -0.15) is 0 Å². The SMILES string of the molecule is CC(C)C(=O)CCOCCOCCC(=O)NCC(=O)NCCCCNC(N)=O.CC(C)C(=O)OCc1ccc(NC=O)cc1.CCC. The molecule has 0 aromatic heterocycles. The predicted molar refractivity (Wildman–Crippen MR) is 180 cm³/mol. The molecule has 14 nitrogen and oxygen atoms in total. The molecular formula is C33H57N5O9. The minimum absolute atomic E-state index is 0.0195. The Hall–Kier alpha value is -4.04. The Bertz CT molecular complexity index is 1020. The van der Waals surface area contributed by atoms with Gasteiger partial charge in [-0.25, -0.2) is 4.79 Å². The van der Waals surface area contributed by atoms with E-state index in [0.29, 0.717) is 64.3 Å². The Morgan fingerprint density at radius 2 is 1.32 bits per heavy atom. The molecule has 5 amide bonds. The molecule has 0 radical (unpaired) electrons. The van der Waals surface area contributed by atoms with E-state index in [0.717, 1.165) is 5.56 Å². The summed E-state index contributed by atoms with van der Waals surface area (Å²) in [5, 5.41) is 10.2. The summed E-state index contributed by atoms with van der Waals surface area (Å²) >= 11 is 0. The van der Waals surface area contributed by atoms with Crippen LogP contribution in [-0.4, -0.2) is 82.1 Å². The van der Waals surface area contributed by atoms with Crippen LogP contribution in [0, 0.1) is 11.8 Å². The van der Waals surface area contributed by atoms with Gasteiger partial charge in [0, 0.05) is 37.5 Å². The van der Waals surface area contributed by atoms with Gasteiger partial charge in [-0.15, -0.1) is 0 Å². The normalized spacial score (nSPS) is 10.0. The smallest absolute Gasteiger partial charge is 0.312 e. The summed E-state index contributed by atoms with van der Waals surface area (Å²) in [6.45, 7) is 13.9. The van der Waals surface area contributed by atoms with Crippen LogP contribution in [-0.2, 0) is 44.8 Å². The van der Waals surface area contributed by atoms with Gasteiger partial charge in [0.15, 0.2) is 0 Å². The van der Waals surface area contributed by atoms with Gasteiger partial charge in [-0.3, -0.25) is 24.0 Å². The predicted octanol–water partition coefficient (Wildman–Crippen LogP) is 3.08. The molecule has 0 aliphatic rings. The molecule has 0 fully saturated rings. The largest absolute Gasteiger partial charge is 0.461 e. The molecule has 6 N–H and O–H groups in total. The summed E-state index contributed by atoms with van der Waals surface area (Å²) in [6.07, 6.45) is 3.81. The lowest BCUT2D eigenvalue weighted by atomic mass is 10.1. The number of rotatable bonds is 22. The summed E-state index contributed by atoms with van der Waals surface area (Å²) in [6, 6.07) is 6.56. The van der Waals surface area contributed by atoms with Gasteiger partial charge in [0.05, 0.1) is 38.9 Å². The first-order chi connectivity index (χ1) is 22.4. The lowest BCUT2D eigenvalue weighted by Gasteiger charge is -2.08. The summed E-state index contributed by atoms with van der Waals surface area (Å²) in [4.78, 5) is 66.4. The number of amides is 5. The molecule has 0 saturated carbocycles. The number of nitrogens with one attached hydrogen (secondary N) is 4. The summed E-state index contributed by atoms with van der Waals surface area (Å²) in [5.41, 5.74) is 6.54. The number of nitrogens with two attached hydrogens (primary N) is 1. The third kappa shape index (κ3) is 30.4. The maximum atomic E-state index is 11.6. The number of hydrogen-bond acceptors (Lipinski definition) is 9. The average Bonchev–Trinajstić information content (AvgIpc) is 3.02. The van der Waals surface area contributed by atoms with Crippen molar-refractivity contribution in [2.45, 2.75) is 80.3 Å². The van der Waals surface area contributed by atoms with Gasteiger partial charge in [0.1, 0.15) is 12.4 Å². The summed E-state index contributed by atoms with van der Waals surface area (Å²) in [5.74, 6) is -0.690. The number of benzene rings is 1. The monoisotopic (exact) mass is 667 g/mol. The number of primary amides is 1. The van der Waals surface area contributed by atoms with Crippen LogP contribution < -0.4 is 27.0 Å². The first-order valence-electron chi connectivity index (χ1n) is 16.1. The number of anilines is 1. The van der Waals surface area contributed by atoms with E-state index in [1.54, 1.807) is 38.1 Å². The van der Waals surface area contributed by atoms with E-state index in [1.807, 2.05) is 13.8 Å². The van der Waals surface area contributed by atoms with Crippen molar-refractivity contribution in [3.8, 4) is 0 Å². The zero-order valence-electron chi connectivity index (χ0n) is 29.0. The van der Waals surface area contributed by atoms with Crippen molar-refractivity contribution >= 4 is 41.7 Å². The second-order valence-corrected chi connectivity index (χ2v) is 10.9. The number of unbranched alkanes of at least 4 members (excludes halogenated alkanes) is 1. The van der Waals surface area contributed by atoms with Crippen LogP contribution in [0.4, 0.5) is 10.5 Å². The quantitative estimate of drug-likeness (QED) is 0.0699. The van der Waals surface area contributed by atoms with Crippen LogP contribution in [0.1, 0.15) is 79.2 Å². The Morgan fingerprint density at radius 1 is 0.766 bits per heavy atom. The molecule has 47 heavy (non-hydrogen) atoms. The first-order valence-corrected chi connectivity index (χ1v) is 16.1. The van der Waals surface area contributed by atoms with Crippen LogP contribution in [0.5, 0.6) is 0 Å². The highest BCUT2D eigenvalue weighted by molar-refractivity contribution is 5.84. The number of carbonyl (C=O) groups excluding carboxylic acids is 6. The fourth-order valence-corrected chi connectivity index (χ4v) is 3.05. The topological polar surface area (TPSA) is 204 Å². The fraction of sp³-hybridized carbons (Fsp3) is 0.636. The van der Waals surface area contributed by atoms with E-state index < -0.39 is 6.03 Å². The van der Waals surface area contributed by atoms with Crippen LogP contribution in [0.25, 0.3) is 0 Å². The number of esters is 1. The first kappa shape index (κ1) is 45.1. The second kappa shape index (κ2) is 30.6. The molecule has 0 aliphatic carbocycles. The summed E-state index contributed by atoms with van der Waals surface area (Å²) < 4.78 is 15.6. The molecule has 1 aromatic rings. The molecule has 0 bridgehead atoms. The molecule has 0 atom stereocenters. The second-order valence-electron chi connectivity index (χ2n) is 10.9. The van der Waals surface area contributed by atoms with Gasteiger partial charge >= 0.3 is 12.0 Å². The highest BCUT2D eigenvalue weighted by Gasteiger charge is 2.09. The molecule has 14 heteroatoms. The van der Waals surface area contributed by atoms with Gasteiger partial charge in [0.25, 0.3) is 0 Å². The zero-order valence-corrected chi connectivity index (χ0v) is 29.0. The molecule has 0 heterocycles. The van der Waals surface area contributed by atoms with Crippen LogP contribution in [0.15, 0.2) is 24.3 Å². The molecular weight excluding hydrogens is 610 g/mol. The van der Waals surface area contributed by atoms with Crippen molar-refractivity contribution in [2.75, 3.05) is 51.4 Å². The fourth-order valence-electron chi connectivity index (χ4n) is 3.05. The molecule has 1 rings (SSSR count). The Labute approximate surface area is 279 Å². The third-order valence-corrected chi connectivity index (χ3v) is 5.69. The zero-order chi connectivity index (χ0) is 35.9. The third-order valence-electron chi connectivity index (χ3n) is 5.69. The van der Waals surface area contributed by atoms with Crippen molar-refractivity contribution in [1.29, 1.82) is 0 Å². The van der Waals surface area contributed by atoms with E-state index in [4.69, 9.17) is 19.9 Å². The number of hydrogen-bond donors (Lipinski definition) is 5. The van der Waals surface area contributed by atoms with E-state index in [-0.39, 0.29) is 61.6 Å². The Morgan fingerprint density at radius 3 is 1.83 bits per heavy atom. The van der Waals surface area contributed by atoms with Crippen molar-refractivity contribution in [1.82, 2.24) is 16.0 Å². The number of ketones is 1. The number of urea groups is 1. The van der Waals surface area contributed by atoms with Crippen LogP contribution in [0.2, 0.25) is 0 Å².